The molecule has 0 spiro atoms. The lowest BCUT2D eigenvalue weighted by Gasteiger charge is -2.19. The molecule has 1 heterocycles. The summed E-state index contributed by atoms with van der Waals surface area (Å²) >= 11 is 0. The average Bonchev–Trinajstić information content (AvgIpc) is 2.90. The molecule has 6 heteroatoms. The number of nitrogens with one attached hydrogen (secondary N) is 1. The van der Waals surface area contributed by atoms with Gasteiger partial charge < -0.3 is 21.1 Å². The number of carboxylic acids is 1. The number of likely N-dealkylation sites (tertiary alicyclic amines) is 1. The van der Waals surface area contributed by atoms with Crippen LogP contribution in [0.25, 0.3) is 0 Å². The minimum atomic E-state index is -1.04. The van der Waals surface area contributed by atoms with Gasteiger partial charge >= 0.3 is 12.0 Å². The van der Waals surface area contributed by atoms with Crippen LogP contribution in [-0.4, -0.2) is 41.6 Å². The Morgan fingerprint density at radius 3 is 2.71 bits per heavy atom. The highest BCUT2D eigenvalue weighted by Gasteiger charge is 2.26. The number of aryl methyl sites for hydroxylation is 2. The van der Waals surface area contributed by atoms with Crippen molar-refractivity contribution in [1.82, 2.24) is 4.90 Å². The van der Waals surface area contributed by atoms with Gasteiger partial charge in [0.15, 0.2) is 0 Å². The highest BCUT2D eigenvalue weighted by Crippen LogP contribution is 2.24. The van der Waals surface area contributed by atoms with Crippen molar-refractivity contribution in [3.05, 3.63) is 28.8 Å². The van der Waals surface area contributed by atoms with E-state index in [2.05, 4.69) is 5.32 Å². The summed E-state index contributed by atoms with van der Waals surface area (Å²) in [5.41, 5.74) is 7.71. The van der Waals surface area contributed by atoms with E-state index in [9.17, 15) is 14.7 Å². The SMILES string of the molecule is Cc1cc(C)c(NC(=O)N2CCC(CN)C2)c(C(=O)O)c1. The van der Waals surface area contributed by atoms with Gasteiger partial charge in [-0.1, -0.05) is 6.07 Å². The van der Waals surface area contributed by atoms with Gasteiger partial charge in [0.05, 0.1) is 11.3 Å². The summed E-state index contributed by atoms with van der Waals surface area (Å²) in [7, 11) is 0. The molecule has 0 radical (unpaired) electrons. The molecule has 0 aromatic heterocycles. The minimum Gasteiger partial charge on any atom is -0.478 e. The second-order valence-corrected chi connectivity index (χ2v) is 5.58. The Labute approximate surface area is 123 Å². The van der Waals surface area contributed by atoms with Crippen LogP contribution in [0.5, 0.6) is 0 Å². The second-order valence-electron chi connectivity index (χ2n) is 5.58. The van der Waals surface area contributed by atoms with Crippen LogP contribution in [0, 0.1) is 19.8 Å². The molecule has 1 fully saturated rings. The molecule has 1 aromatic carbocycles. The molecule has 0 bridgehead atoms. The molecule has 21 heavy (non-hydrogen) atoms. The zero-order valence-corrected chi connectivity index (χ0v) is 12.3. The Morgan fingerprint density at radius 2 is 2.14 bits per heavy atom. The van der Waals surface area contributed by atoms with Crippen molar-refractivity contribution in [1.29, 1.82) is 0 Å². The van der Waals surface area contributed by atoms with Crippen molar-refractivity contribution in [2.45, 2.75) is 20.3 Å². The maximum absolute atomic E-state index is 12.3. The van der Waals surface area contributed by atoms with E-state index in [4.69, 9.17) is 5.73 Å². The monoisotopic (exact) mass is 291 g/mol. The van der Waals surface area contributed by atoms with Crippen molar-refractivity contribution >= 4 is 17.7 Å². The lowest BCUT2D eigenvalue weighted by Crippen LogP contribution is -2.34. The number of benzene rings is 1. The molecular weight excluding hydrogens is 270 g/mol. The normalized spacial score (nSPS) is 17.9. The van der Waals surface area contributed by atoms with Gasteiger partial charge in [0.2, 0.25) is 0 Å². The number of hydrogen-bond acceptors (Lipinski definition) is 3. The zero-order chi connectivity index (χ0) is 15.6. The van der Waals surface area contributed by atoms with Crippen LogP contribution in [0.1, 0.15) is 27.9 Å². The van der Waals surface area contributed by atoms with Crippen molar-refractivity contribution in [3.8, 4) is 0 Å². The molecule has 2 amide bonds. The molecule has 1 unspecified atom stereocenters. The number of aromatic carboxylic acids is 1. The Kier molecular flexibility index (Phi) is 4.47. The van der Waals surface area contributed by atoms with E-state index in [-0.39, 0.29) is 11.6 Å². The fourth-order valence-electron chi connectivity index (χ4n) is 2.70. The highest BCUT2D eigenvalue weighted by molar-refractivity contribution is 6.01. The van der Waals surface area contributed by atoms with Gasteiger partial charge in [-0.2, -0.15) is 0 Å². The standard InChI is InChI=1S/C15H21N3O3/c1-9-5-10(2)13(12(6-9)14(19)20)17-15(21)18-4-3-11(7-16)8-18/h5-6,11H,3-4,7-8,16H2,1-2H3,(H,17,21)(H,19,20). The van der Waals surface area contributed by atoms with Crippen molar-refractivity contribution < 1.29 is 14.7 Å². The van der Waals surface area contributed by atoms with Crippen LogP contribution in [0.15, 0.2) is 12.1 Å². The van der Waals surface area contributed by atoms with Crippen LogP contribution in [0.3, 0.4) is 0 Å². The van der Waals surface area contributed by atoms with E-state index >= 15 is 0 Å². The van der Waals surface area contributed by atoms with Gasteiger partial charge in [0, 0.05) is 13.1 Å². The molecule has 1 atom stereocenters. The lowest BCUT2D eigenvalue weighted by atomic mass is 10.0. The van der Waals surface area contributed by atoms with Crippen LogP contribution in [0.2, 0.25) is 0 Å². The molecule has 4 N–H and O–H groups in total. The van der Waals surface area contributed by atoms with E-state index in [0.29, 0.717) is 31.2 Å². The number of hydrogen-bond donors (Lipinski definition) is 3. The molecule has 114 valence electrons. The number of nitrogens with two attached hydrogens (primary N) is 1. The largest absolute Gasteiger partial charge is 0.478 e. The van der Waals surface area contributed by atoms with Crippen molar-refractivity contribution in [2.24, 2.45) is 11.7 Å². The van der Waals surface area contributed by atoms with Crippen LogP contribution in [0.4, 0.5) is 10.5 Å². The molecule has 1 aliphatic heterocycles. The molecule has 6 nitrogen and oxygen atoms in total. The number of nitrogens with zero attached hydrogens (tertiary/aromatic N) is 1. The Morgan fingerprint density at radius 1 is 1.43 bits per heavy atom. The first-order valence-corrected chi connectivity index (χ1v) is 7.03. The lowest BCUT2D eigenvalue weighted by molar-refractivity contribution is 0.0698. The number of carbonyl (C=O) groups excluding carboxylic acids is 1. The number of urea groups is 1. The predicted molar refractivity (Wildman–Crippen MR) is 80.6 cm³/mol. The average molecular weight is 291 g/mol. The minimum absolute atomic E-state index is 0.121. The van der Waals surface area contributed by atoms with Gasteiger partial charge in [0.1, 0.15) is 0 Å². The first kappa shape index (κ1) is 15.3. The van der Waals surface area contributed by atoms with E-state index in [1.807, 2.05) is 13.0 Å². The maximum atomic E-state index is 12.3. The Hall–Kier alpha value is -2.08. The summed E-state index contributed by atoms with van der Waals surface area (Å²) in [5, 5.41) is 12.0. The Balaban J connectivity index is 2.19. The predicted octanol–water partition coefficient (Wildman–Crippen LogP) is 1.81. The molecule has 1 saturated heterocycles. The molecular formula is C15H21N3O3. The number of amides is 2. The van der Waals surface area contributed by atoms with Crippen molar-refractivity contribution in [2.75, 3.05) is 25.0 Å². The first-order valence-electron chi connectivity index (χ1n) is 7.03. The molecule has 1 aliphatic rings. The maximum Gasteiger partial charge on any atom is 0.337 e. The summed E-state index contributed by atoms with van der Waals surface area (Å²) < 4.78 is 0. The van der Waals surface area contributed by atoms with E-state index in [1.54, 1.807) is 17.9 Å². The smallest absolute Gasteiger partial charge is 0.337 e. The first-order chi connectivity index (χ1) is 9.92. The van der Waals surface area contributed by atoms with Crippen LogP contribution >= 0.6 is 0 Å². The number of carbonyl (C=O) groups is 2. The molecule has 0 aliphatic carbocycles. The summed E-state index contributed by atoms with van der Waals surface area (Å²) in [6.07, 6.45) is 0.891. The fraction of sp³-hybridized carbons (Fsp3) is 0.467. The zero-order valence-electron chi connectivity index (χ0n) is 12.3. The third-order valence-electron chi connectivity index (χ3n) is 3.85. The molecule has 1 aromatic rings. The number of rotatable bonds is 3. The van der Waals surface area contributed by atoms with Gasteiger partial charge in [-0.25, -0.2) is 9.59 Å². The van der Waals surface area contributed by atoms with Gasteiger partial charge in [-0.05, 0) is 49.9 Å². The summed E-state index contributed by atoms with van der Waals surface area (Å²) in [5.74, 6) is -0.716. The number of carboxylic acid groups (broad SMARTS) is 1. The summed E-state index contributed by atoms with van der Waals surface area (Å²) in [6.45, 7) is 5.46. The van der Waals surface area contributed by atoms with E-state index < -0.39 is 5.97 Å². The Bertz CT molecular complexity index is 572. The topological polar surface area (TPSA) is 95.7 Å². The van der Waals surface area contributed by atoms with E-state index in [0.717, 1.165) is 17.5 Å². The number of anilines is 1. The molecule has 2 rings (SSSR count). The van der Waals surface area contributed by atoms with Gasteiger partial charge in [-0.3, -0.25) is 0 Å². The highest BCUT2D eigenvalue weighted by atomic mass is 16.4. The fourth-order valence-corrected chi connectivity index (χ4v) is 2.70. The summed E-state index contributed by atoms with van der Waals surface area (Å²) in [6, 6.07) is 3.16. The van der Waals surface area contributed by atoms with Crippen LogP contribution < -0.4 is 11.1 Å². The van der Waals surface area contributed by atoms with Gasteiger partial charge in [-0.15, -0.1) is 0 Å². The molecule has 0 saturated carbocycles. The quantitative estimate of drug-likeness (QED) is 0.791. The van der Waals surface area contributed by atoms with E-state index in [1.165, 1.54) is 0 Å². The summed E-state index contributed by atoms with van der Waals surface area (Å²) in [4.78, 5) is 25.3. The van der Waals surface area contributed by atoms with Crippen LogP contribution in [-0.2, 0) is 0 Å². The third kappa shape index (κ3) is 3.33. The van der Waals surface area contributed by atoms with Gasteiger partial charge in [0.25, 0.3) is 0 Å². The second kappa shape index (κ2) is 6.13. The third-order valence-corrected chi connectivity index (χ3v) is 3.85. The van der Waals surface area contributed by atoms with Crippen molar-refractivity contribution in [3.63, 3.8) is 0 Å².